The third-order valence-corrected chi connectivity index (χ3v) is 5.16. The molecule has 0 aromatic heterocycles. The molecule has 1 atom stereocenters. The zero-order chi connectivity index (χ0) is 17.1. The van der Waals surface area contributed by atoms with Gasteiger partial charge in [0.05, 0.1) is 11.5 Å². The summed E-state index contributed by atoms with van der Waals surface area (Å²) in [5, 5.41) is 5.90. The summed E-state index contributed by atoms with van der Waals surface area (Å²) in [4.78, 5) is 11.8. The van der Waals surface area contributed by atoms with Crippen molar-refractivity contribution in [3.05, 3.63) is 24.3 Å². The van der Waals surface area contributed by atoms with E-state index in [4.69, 9.17) is 4.74 Å². The number of rotatable bonds is 3. The standard InChI is InChI=1S/C16H24N2O4S/c1-16(2,3)22-15(19)18-13-7-4-6-12(10-13)17-14-8-5-9-23(20,21)11-14/h4,6-7,10,14,17H,5,8-9,11H2,1-3H3,(H,18,19). The first-order valence-corrected chi connectivity index (χ1v) is 9.52. The SMILES string of the molecule is CC(C)(C)OC(=O)Nc1cccc(NC2CCCS(=O)(=O)C2)c1. The summed E-state index contributed by atoms with van der Waals surface area (Å²) < 4.78 is 28.6. The lowest BCUT2D eigenvalue weighted by Gasteiger charge is -2.24. The van der Waals surface area contributed by atoms with Crippen molar-refractivity contribution in [1.82, 2.24) is 0 Å². The lowest BCUT2D eigenvalue weighted by atomic mass is 10.1. The average Bonchev–Trinajstić information content (AvgIpc) is 2.35. The number of carbonyl (C=O) groups is 1. The van der Waals surface area contributed by atoms with Crippen molar-refractivity contribution in [3.63, 3.8) is 0 Å². The van der Waals surface area contributed by atoms with E-state index in [1.807, 2.05) is 6.07 Å². The molecule has 1 aliphatic heterocycles. The molecule has 2 rings (SSSR count). The molecule has 1 aromatic rings. The van der Waals surface area contributed by atoms with E-state index in [9.17, 15) is 13.2 Å². The summed E-state index contributed by atoms with van der Waals surface area (Å²) in [5.41, 5.74) is 0.819. The van der Waals surface area contributed by atoms with Crippen LogP contribution in [0.1, 0.15) is 33.6 Å². The molecule has 1 amide bonds. The highest BCUT2D eigenvalue weighted by atomic mass is 32.2. The molecular formula is C16H24N2O4S. The normalized spacial score (nSPS) is 20.6. The quantitative estimate of drug-likeness (QED) is 0.883. The highest BCUT2D eigenvalue weighted by molar-refractivity contribution is 7.91. The van der Waals surface area contributed by atoms with E-state index in [1.54, 1.807) is 39.0 Å². The Hall–Kier alpha value is -1.76. The Balaban J connectivity index is 1.98. The topological polar surface area (TPSA) is 84.5 Å². The zero-order valence-corrected chi connectivity index (χ0v) is 14.6. The van der Waals surface area contributed by atoms with Gasteiger partial charge in [0.25, 0.3) is 0 Å². The number of hydrogen-bond donors (Lipinski definition) is 2. The molecule has 128 valence electrons. The molecular weight excluding hydrogens is 316 g/mol. The maximum atomic E-state index is 11.8. The fraction of sp³-hybridized carbons (Fsp3) is 0.562. The second kappa shape index (κ2) is 6.78. The lowest BCUT2D eigenvalue weighted by molar-refractivity contribution is 0.0636. The first kappa shape index (κ1) is 17.6. The molecule has 0 aliphatic carbocycles. The van der Waals surface area contributed by atoms with E-state index in [0.717, 1.165) is 12.1 Å². The maximum absolute atomic E-state index is 11.8. The van der Waals surface area contributed by atoms with Gasteiger partial charge in [0.15, 0.2) is 9.84 Å². The van der Waals surface area contributed by atoms with E-state index >= 15 is 0 Å². The predicted octanol–water partition coefficient (Wildman–Crippen LogP) is 3.02. The monoisotopic (exact) mass is 340 g/mol. The van der Waals surface area contributed by atoms with Gasteiger partial charge in [-0.1, -0.05) is 6.07 Å². The Bertz CT molecular complexity index is 665. The van der Waals surface area contributed by atoms with Crippen molar-refractivity contribution in [1.29, 1.82) is 0 Å². The van der Waals surface area contributed by atoms with Crippen LogP contribution in [-0.2, 0) is 14.6 Å². The summed E-state index contributed by atoms with van der Waals surface area (Å²) in [5.74, 6) is 0.419. The van der Waals surface area contributed by atoms with E-state index in [-0.39, 0.29) is 17.5 Å². The number of anilines is 2. The first-order valence-electron chi connectivity index (χ1n) is 7.70. The highest BCUT2D eigenvalue weighted by Gasteiger charge is 2.24. The smallest absolute Gasteiger partial charge is 0.412 e. The van der Waals surface area contributed by atoms with E-state index in [0.29, 0.717) is 12.1 Å². The van der Waals surface area contributed by atoms with Crippen LogP contribution in [0.15, 0.2) is 24.3 Å². The fourth-order valence-corrected chi connectivity index (χ4v) is 4.12. The van der Waals surface area contributed by atoms with Crippen LogP contribution >= 0.6 is 0 Å². The van der Waals surface area contributed by atoms with Crippen LogP contribution in [0.4, 0.5) is 16.2 Å². The van der Waals surface area contributed by atoms with Gasteiger partial charge in [-0.3, -0.25) is 5.32 Å². The van der Waals surface area contributed by atoms with Crippen molar-refractivity contribution < 1.29 is 17.9 Å². The Kier molecular flexibility index (Phi) is 5.19. The Morgan fingerprint density at radius 2 is 1.96 bits per heavy atom. The van der Waals surface area contributed by atoms with Crippen molar-refractivity contribution in [2.24, 2.45) is 0 Å². The molecule has 0 spiro atoms. The molecule has 1 fully saturated rings. The third-order valence-electron chi connectivity index (χ3n) is 3.34. The molecule has 1 aromatic carbocycles. The van der Waals surface area contributed by atoms with Gasteiger partial charge in [0.2, 0.25) is 0 Å². The maximum Gasteiger partial charge on any atom is 0.412 e. The number of carbonyl (C=O) groups excluding carboxylic acids is 1. The van der Waals surface area contributed by atoms with Gasteiger partial charge in [0, 0.05) is 17.4 Å². The van der Waals surface area contributed by atoms with Crippen LogP contribution in [0.5, 0.6) is 0 Å². The van der Waals surface area contributed by atoms with Crippen molar-refractivity contribution in [2.75, 3.05) is 22.1 Å². The highest BCUT2D eigenvalue weighted by Crippen LogP contribution is 2.21. The summed E-state index contributed by atoms with van der Waals surface area (Å²) in [7, 11) is -2.95. The average molecular weight is 340 g/mol. The fourth-order valence-electron chi connectivity index (χ4n) is 2.48. The summed E-state index contributed by atoms with van der Waals surface area (Å²) in [6.07, 6.45) is 0.980. The molecule has 0 radical (unpaired) electrons. The van der Waals surface area contributed by atoms with Crippen molar-refractivity contribution >= 4 is 27.3 Å². The summed E-state index contributed by atoms with van der Waals surface area (Å²) >= 11 is 0. The van der Waals surface area contributed by atoms with Crippen LogP contribution in [0.25, 0.3) is 0 Å². The number of hydrogen-bond acceptors (Lipinski definition) is 5. The van der Waals surface area contributed by atoms with Gasteiger partial charge in [-0.05, 0) is 51.8 Å². The Morgan fingerprint density at radius 3 is 2.61 bits per heavy atom. The molecule has 7 heteroatoms. The minimum absolute atomic E-state index is 0.0921. The lowest BCUT2D eigenvalue weighted by Crippen LogP contribution is -2.34. The van der Waals surface area contributed by atoms with Gasteiger partial charge in [0.1, 0.15) is 5.60 Å². The van der Waals surface area contributed by atoms with E-state index in [1.165, 1.54) is 0 Å². The van der Waals surface area contributed by atoms with Crippen LogP contribution in [0, 0.1) is 0 Å². The van der Waals surface area contributed by atoms with Crippen LogP contribution in [0.2, 0.25) is 0 Å². The number of amides is 1. The minimum Gasteiger partial charge on any atom is -0.444 e. The molecule has 1 unspecified atom stereocenters. The largest absolute Gasteiger partial charge is 0.444 e. The zero-order valence-electron chi connectivity index (χ0n) is 13.8. The number of ether oxygens (including phenoxy) is 1. The molecule has 0 saturated carbocycles. The molecule has 6 nitrogen and oxygen atoms in total. The van der Waals surface area contributed by atoms with Crippen molar-refractivity contribution in [3.8, 4) is 0 Å². The molecule has 23 heavy (non-hydrogen) atoms. The van der Waals surface area contributed by atoms with Crippen LogP contribution in [0.3, 0.4) is 0 Å². The molecule has 1 saturated heterocycles. The van der Waals surface area contributed by atoms with Gasteiger partial charge in [-0.2, -0.15) is 0 Å². The minimum atomic E-state index is -2.95. The van der Waals surface area contributed by atoms with Crippen LogP contribution < -0.4 is 10.6 Å². The summed E-state index contributed by atoms with van der Waals surface area (Å²) in [6.45, 7) is 5.40. The molecule has 0 bridgehead atoms. The van der Waals surface area contributed by atoms with E-state index in [2.05, 4.69) is 10.6 Å². The third kappa shape index (κ3) is 6.09. The second-order valence-electron chi connectivity index (χ2n) is 6.81. The molecule has 1 aliphatic rings. The predicted molar refractivity (Wildman–Crippen MR) is 91.6 cm³/mol. The van der Waals surface area contributed by atoms with Crippen LogP contribution in [-0.4, -0.2) is 37.7 Å². The Morgan fingerprint density at radius 1 is 1.26 bits per heavy atom. The Labute approximate surface area is 137 Å². The van der Waals surface area contributed by atoms with Gasteiger partial charge in [-0.25, -0.2) is 13.2 Å². The second-order valence-corrected chi connectivity index (χ2v) is 9.03. The van der Waals surface area contributed by atoms with Crippen molar-refractivity contribution in [2.45, 2.75) is 45.3 Å². The van der Waals surface area contributed by atoms with Gasteiger partial charge < -0.3 is 10.1 Å². The summed E-state index contributed by atoms with van der Waals surface area (Å²) in [6, 6.07) is 7.08. The molecule has 1 heterocycles. The first-order chi connectivity index (χ1) is 10.6. The molecule has 2 N–H and O–H groups in total. The van der Waals surface area contributed by atoms with E-state index < -0.39 is 21.5 Å². The van der Waals surface area contributed by atoms with Gasteiger partial charge in [-0.15, -0.1) is 0 Å². The number of sulfone groups is 1. The number of nitrogens with one attached hydrogen (secondary N) is 2. The van der Waals surface area contributed by atoms with Gasteiger partial charge >= 0.3 is 6.09 Å². The number of benzene rings is 1.